The van der Waals surface area contributed by atoms with Crippen molar-refractivity contribution in [2.75, 3.05) is 40.6 Å². The van der Waals surface area contributed by atoms with Gasteiger partial charge in [-0.3, -0.25) is 9.80 Å². The lowest BCUT2D eigenvalue weighted by Gasteiger charge is -2.97. The number of ether oxygens (including phenoxy) is 4. The molecular formula is C38H50N2O10. The Bertz CT molecular complexity index is 1470. The maximum atomic E-state index is 14.6. The van der Waals surface area contributed by atoms with Crippen molar-refractivity contribution in [2.24, 2.45) is 21.7 Å². The quantitative estimate of drug-likeness (QED) is 0.322. The topological polar surface area (TPSA) is 158 Å². The SMILES string of the molecule is COc1ccc(C2C3(CO)C4N(C(=O)OC(C)(C)C)C5C2(CO)C2N(C(=O)OC(C)(C)C)C3C4(CO)C(c3ccc(OC)cc3)C52CO)cc1. The van der Waals surface area contributed by atoms with Crippen molar-refractivity contribution in [3.8, 4) is 11.5 Å². The molecule has 272 valence electrons. The summed E-state index contributed by atoms with van der Waals surface area (Å²) in [5.74, 6) is 0.0323. The Morgan fingerprint density at radius 3 is 1.02 bits per heavy atom. The third-order valence-corrected chi connectivity index (χ3v) is 12.5. The molecule has 8 rings (SSSR count). The first-order valence-electron chi connectivity index (χ1n) is 17.3. The van der Waals surface area contributed by atoms with Crippen molar-refractivity contribution in [3.63, 3.8) is 0 Å². The molecule has 2 aromatic rings. The smallest absolute Gasteiger partial charge is 0.410 e. The van der Waals surface area contributed by atoms with Gasteiger partial charge in [-0.1, -0.05) is 24.3 Å². The number of hydrogen-bond acceptors (Lipinski definition) is 10. The van der Waals surface area contributed by atoms with Crippen molar-refractivity contribution in [1.29, 1.82) is 0 Å². The second-order valence-electron chi connectivity index (χ2n) is 16.9. The van der Waals surface area contributed by atoms with Gasteiger partial charge >= 0.3 is 12.2 Å². The normalized spacial score (nSPS) is 37.5. The van der Waals surface area contributed by atoms with E-state index in [9.17, 15) is 30.0 Å². The van der Waals surface area contributed by atoms with Gasteiger partial charge in [-0.2, -0.15) is 0 Å². The number of methoxy groups -OCH3 is 2. The number of nitrogens with zero attached hydrogens (tertiary/aromatic N) is 2. The van der Waals surface area contributed by atoms with E-state index in [1.807, 2.05) is 48.5 Å². The Morgan fingerprint density at radius 1 is 0.560 bits per heavy atom. The molecule has 6 fully saturated rings. The van der Waals surface area contributed by atoms with Gasteiger partial charge in [0.25, 0.3) is 0 Å². The molecule has 12 heteroatoms. The predicted molar refractivity (Wildman–Crippen MR) is 181 cm³/mol. The van der Waals surface area contributed by atoms with Crippen LogP contribution >= 0.6 is 0 Å². The summed E-state index contributed by atoms with van der Waals surface area (Å²) in [6.07, 6.45) is -1.33. The van der Waals surface area contributed by atoms with Crippen LogP contribution in [0.4, 0.5) is 9.59 Å². The first-order chi connectivity index (χ1) is 23.5. The summed E-state index contributed by atoms with van der Waals surface area (Å²) in [7, 11) is 3.14. The Hall–Kier alpha value is -3.58. The average Bonchev–Trinajstić information content (AvgIpc) is 3.05. The van der Waals surface area contributed by atoms with Gasteiger partial charge in [0.2, 0.25) is 0 Å². The van der Waals surface area contributed by atoms with Gasteiger partial charge in [0.05, 0.1) is 64.8 Å². The van der Waals surface area contributed by atoms with Gasteiger partial charge in [-0.05, 0) is 76.9 Å². The van der Waals surface area contributed by atoms with Crippen LogP contribution in [0.2, 0.25) is 0 Å². The van der Waals surface area contributed by atoms with Crippen LogP contribution in [0.3, 0.4) is 0 Å². The molecule has 4 heterocycles. The summed E-state index contributed by atoms with van der Waals surface area (Å²) in [6, 6.07) is 11.3. The number of amides is 2. The third-order valence-electron chi connectivity index (χ3n) is 12.5. The number of carbonyl (C=O) groups is 2. The minimum atomic E-state index is -1.28. The Morgan fingerprint density at radius 2 is 0.820 bits per heavy atom. The molecule has 0 atom stereocenters. The van der Waals surface area contributed by atoms with Gasteiger partial charge in [0.15, 0.2) is 0 Å². The highest BCUT2D eigenvalue weighted by Gasteiger charge is 3.01. The monoisotopic (exact) mass is 694 g/mol. The maximum absolute atomic E-state index is 14.6. The molecule has 2 saturated carbocycles. The lowest BCUT2D eigenvalue weighted by atomic mass is 9.16. The zero-order chi connectivity index (χ0) is 36.4. The fourth-order valence-corrected chi connectivity index (χ4v) is 12.0. The van der Waals surface area contributed by atoms with E-state index in [1.165, 1.54) is 0 Å². The summed E-state index contributed by atoms with van der Waals surface area (Å²) in [6.45, 7) is 8.66. The molecule has 0 aromatic heterocycles. The molecular weight excluding hydrogens is 644 g/mol. The number of carbonyl (C=O) groups excluding carboxylic acids is 2. The molecule has 2 amide bonds. The largest absolute Gasteiger partial charge is 0.497 e. The molecule has 4 N–H and O–H groups in total. The summed E-state index contributed by atoms with van der Waals surface area (Å²) >= 11 is 0. The van der Waals surface area contributed by atoms with Gasteiger partial charge in [0, 0.05) is 33.5 Å². The number of hydrogen-bond donors (Lipinski definition) is 4. The molecule has 6 aliphatic rings. The molecule has 50 heavy (non-hydrogen) atoms. The number of aliphatic hydroxyl groups is 4. The highest BCUT2D eigenvalue weighted by atomic mass is 16.6. The highest BCUT2D eigenvalue weighted by molar-refractivity contribution is 5.79. The number of rotatable bonds is 8. The van der Waals surface area contributed by atoms with E-state index in [1.54, 1.807) is 65.6 Å². The fraction of sp³-hybridized carbons (Fsp3) is 0.632. The van der Waals surface area contributed by atoms with E-state index in [-0.39, 0.29) is 0 Å². The summed E-state index contributed by atoms with van der Waals surface area (Å²) < 4.78 is 23.1. The van der Waals surface area contributed by atoms with Crippen LogP contribution in [0, 0.1) is 21.7 Å². The van der Waals surface area contributed by atoms with E-state index in [2.05, 4.69) is 0 Å². The van der Waals surface area contributed by atoms with Crippen LogP contribution in [-0.2, 0) is 9.47 Å². The van der Waals surface area contributed by atoms with Gasteiger partial charge in [-0.25, -0.2) is 9.59 Å². The Balaban J connectivity index is 1.58. The molecule has 2 aliphatic carbocycles. The van der Waals surface area contributed by atoms with Crippen molar-refractivity contribution in [2.45, 2.75) is 88.7 Å². The molecule has 8 bridgehead atoms. The summed E-state index contributed by atoms with van der Waals surface area (Å²) in [5.41, 5.74) is -5.36. The molecule has 0 spiro atoms. The molecule has 12 nitrogen and oxygen atoms in total. The summed E-state index contributed by atoms with van der Waals surface area (Å²) in [4.78, 5) is 32.4. The van der Waals surface area contributed by atoms with E-state index < -0.39 is 107 Å². The zero-order valence-electron chi connectivity index (χ0n) is 30.0. The van der Waals surface area contributed by atoms with Gasteiger partial charge < -0.3 is 39.4 Å². The maximum Gasteiger partial charge on any atom is 0.410 e. The van der Waals surface area contributed by atoms with E-state index in [4.69, 9.17) is 18.9 Å². The number of aliphatic hydroxyl groups excluding tert-OH is 4. The van der Waals surface area contributed by atoms with E-state index in [0.717, 1.165) is 11.1 Å². The molecule has 0 radical (unpaired) electrons. The van der Waals surface area contributed by atoms with Crippen LogP contribution in [0.1, 0.15) is 64.5 Å². The van der Waals surface area contributed by atoms with Crippen LogP contribution in [0.5, 0.6) is 11.5 Å². The van der Waals surface area contributed by atoms with Crippen molar-refractivity contribution < 1.29 is 49.0 Å². The molecule has 0 unspecified atom stereocenters. The third kappa shape index (κ3) is 3.91. The van der Waals surface area contributed by atoms with Crippen LogP contribution < -0.4 is 9.47 Å². The minimum Gasteiger partial charge on any atom is -0.497 e. The second kappa shape index (κ2) is 11.0. The summed E-state index contributed by atoms with van der Waals surface area (Å²) in [5, 5.41) is 47.5. The van der Waals surface area contributed by atoms with Crippen molar-refractivity contribution in [3.05, 3.63) is 59.7 Å². The van der Waals surface area contributed by atoms with Crippen LogP contribution in [0.15, 0.2) is 48.5 Å². The van der Waals surface area contributed by atoms with Crippen LogP contribution in [-0.4, -0.2) is 118 Å². The van der Waals surface area contributed by atoms with Gasteiger partial charge in [-0.15, -0.1) is 0 Å². The first kappa shape index (κ1) is 34.9. The lowest BCUT2D eigenvalue weighted by Crippen LogP contribution is -3.08. The second-order valence-corrected chi connectivity index (χ2v) is 16.9. The van der Waals surface area contributed by atoms with E-state index >= 15 is 0 Å². The Kier molecular flexibility index (Phi) is 7.64. The standard InChI is InChI=1S/C38H50N2O10/c1-33(2,3)49-31(45)39-27-35(17-41)25(21-9-13-23(47-7)14-10-21)36(18-42)28(39)38(20-44)26(22-11-15-24(48-8)16-12-22)37(27,19-43)29(35)40(30(36)38)32(46)50-34(4,5)6/h9-16,25-30,41-44H,17-20H2,1-8H3. The number of benzene rings is 2. The molecule has 2 aromatic carbocycles. The number of piperidine rings is 4. The lowest BCUT2D eigenvalue weighted by molar-refractivity contribution is -0.475. The molecule has 4 saturated heterocycles. The molecule has 4 aliphatic heterocycles. The highest BCUT2D eigenvalue weighted by Crippen LogP contribution is 2.91. The minimum absolute atomic E-state index is 0.484. The fourth-order valence-electron chi connectivity index (χ4n) is 12.0. The van der Waals surface area contributed by atoms with Gasteiger partial charge in [0.1, 0.15) is 22.7 Å². The zero-order valence-corrected chi connectivity index (χ0v) is 30.0. The van der Waals surface area contributed by atoms with Crippen molar-refractivity contribution >= 4 is 12.2 Å². The Labute approximate surface area is 292 Å². The first-order valence-corrected chi connectivity index (χ1v) is 17.3. The van der Waals surface area contributed by atoms with E-state index in [0.29, 0.717) is 11.5 Å². The van der Waals surface area contributed by atoms with Crippen LogP contribution in [0.25, 0.3) is 0 Å². The predicted octanol–water partition coefficient (Wildman–Crippen LogP) is 3.50. The average molecular weight is 695 g/mol. The van der Waals surface area contributed by atoms with Crippen molar-refractivity contribution in [1.82, 2.24) is 9.80 Å².